The van der Waals surface area contributed by atoms with Gasteiger partial charge in [0.25, 0.3) is 0 Å². The first-order valence-electron chi connectivity index (χ1n) is 6.92. The van der Waals surface area contributed by atoms with Crippen molar-refractivity contribution >= 4 is 0 Å². The van der Waals surface area contributed by atoms with Gasteiger partial charge in [0.15, 0.2) is 5.82 Å². The van der Waals surface area contributed by atoms with Gasteiger partial charge in [-0.3, -0.25) is 0 Å². The number of nitrogens with one attached hydrogen (secondary N) is 1. The maximum atomic E-state index is 12.9. The van der Waals surface area contributed by atoms with Crippen molar-refractivity contribution in [3.63, 3.8) is 0 Å². The molecule has 0 aliphatic rings. The highest BCUT2D eigenvalue weighted by Gasteiger charge is 2.13. The lowest BCUT2D eigenvalue weighted by molar-refractivity contribution is 0.448. The van der Waals surface area contributed by atoms with Crippen LogP contribution in [0.15, 0.2) is 24.3 Å². The first-order chi connectivity index (χ1) is 9.70. The van der Waals surface area contributed by atoms with Gasteiger partial charge in [-0.15, -0.1) is 5.10 Å². The Kier molecular flexibility index (Phi) is 5.17. The molecule has 1 aromatic carbocycles. The molecule has 2 aromatic rings. The second-order valence-electron chi connectivity index (χ2n) is 4.90. The Morgan fingerprint density at radius 2 is 2.05 bits per heavy atom. The lowest BCUT2D eigenvalue weighted by Gasteiger charge is -2.13. The minimum atomic E-state index is -0.215. The van der Waals surface area contributed by atoms with Crippen LogP contribution >= 0.6 is 0 Å². The first kappa shape index (κ1) is 14.6. The maximum absolute atomic E-state index is 12.9. The summed E-state index contributed by atoms with van der Waals surface area (Å²) < 4.78 is 14.7. The summed E-state index contributed by atoms with van der Waals surface area (Å²) in [5.74, 6) is 0.612. The van der Waals surface area contributed by atoms with Crippen LogP contribution in [0.5, 0.6) is 0 Å². The minimum Gasteiger partial charge on any atom is -0.310 e. The first-order valence-corrected chi connectivity index (χ1v) is 6.92. The van der Waals surface area contributed by atoms with Crippen LogP contribution in [0.4, 0.5) is 4.39 Å². The fraction of sp³-hybridized carbons (Fsp3) is 0.500. The Hall–Kier alpha value is -1.82. The molecule has 20 heavy (non-hydrogen) atoms. The molecule has 1 heterocycles. The van der Waals surface area contributed by atoms with Gasteiger partial charge in [0.1, 0.15) is 5.82 Å². The van der Waals surface area contributed by atoms with Crippen LogP contribution in [0.3, 0.4) is 0 Å². The fourth-order valence-corrected chi connectivity index (χ4v) is 2.10. The van der Waals surface area contributed by atoms with Crippen LogP contribution < -0.4 is 5.32 Å². The molecular weight excluding hydrogens is 257 g/mol. The van der Waals surface area contributed by atoms with Gasteiger partial charge >= 0.3 is 0 Å². The molecule has 1 atom stereocenters. The smallest absolute Gasteiger partial charge is 0.165 e. The van der Waals surface area contributed by atoms with Crippen molar-refractivity contribution in [2.45, 2.75) is 39.3 Å². The van der Waals surface area contributed by atoms with Crippen LogP contribution in [0.2, 0.25) is 0 Å². The summed E-state index contributed by atoms with van der Waals surface area (Å²) in [4.78, 5) is 0. The number of halogens is 1. The van der Waals surface area contributed by atoms with E-state index in [0.717, 1.165) is 30.8 Å². The van der Waals surface area contributed by atoms with E-state index in [1.54, 1.807) is 12.1 Å². The standard InChI is InChI=1S/C14H20FN5/c1-3-8-16-10-14-17-18-19-20(14)11(2)9-12-4-6-13(15)7-5-12/h4-7,11,16H,3,8-10H2,1-2H3. The number of aromatic nitrogens is 4. The third-order valence-electron chi connectivity index (χ3n) is 3.13. The zero-order chi connectivity index (χ0) is 14.4. The zero-order valence-electron chi connectivity index (χ0n) is 11.9. The normalized spacial score (nSPS) is 12.6. The molecule has 5 nitrogen and oxygen atoms in total. The maximum Gasteiger partial charge on any atom is 0.165 e. The van der Waals surface area contributed by atoms with Gasteiger partial charge in [-0.25, -0.2) is 9.07 Å². The average molecular weight is 277 g/mol. The molecule has 2 rings (SSSR count). The Bertz CT molecular complexity index is 523. The molecule has 0 fully saturated rings. The van der Waals surface area contributed by atoms with Crippen LogP contribution in [-0.2, 0) is 13.0 Å². The van der Waals surface area contributed by atoms with Crippen molar-refractivity contribution in [1.82, 2.24) is 25.5 Å². The quantitative estimate of drug-likeness (QED) is 0.788. The molecular formula is C14H20FN5. The predicted octanol–water partition coefficient (Wildman–Crippen LogP) is 2.12. The van der Waals surface area contributed by atoms with Crippen LogP contribution in [0, 0.1) is 5.82 Å². The molecule has 0 saturated carbocycles. The number of nitrogens with zero attached hydrogens (tertiary/aromatic N) is 4. The van der Waals surface area contributed by atoms with Gasteiger partial charge in [0, 0.05) is 0 Å². The third-order valence-corrected chi connectivity index (χ3v) is 3.13. The molecule has 0 bridgehead atoms. The van der Waals surface area contributed by atoms with E-state index >= 15 is 0 Å². The lowest BCUT2D eigenvalue weighted by atomic mass is 10.1. The average Bonchev–Trinajstić information content (AvgIpc) is 2.90. The largest absolute Gasteiger partial charge is 0.310 e. The van der Waals surface area contributed by atoms with Gasteiger partial charge in [-0.1, -0.05) is 19.1 Å². The summed E-state index contributed by atoms with van der Waals surface area (Å²) in [5.41, 5.74) is 1.07. The van der Waals surface area contributed by atoms with Crippen molar-refractivity contribution in [2.75, 3.05) is 6.54 Å². The SMILES string of the molecule is CCCNCc1nnnn1C(C)Cc1ccc(F)cc1. The van der Waals surface area contributed by atoms with E-state index in [2.05, 4.69) is 34.7 Å². The van der Waals surface area contributed by atoms with Crippen molar-refractivity contribution in [1.29, 1.82) is 0 Å². The number of hydrogen-bond acceptors (Lipinski definition) is 4. The van der Waals surface area contributed by atoms with Crippen molar-refractivity contribution in [3.8, 4) is 0 Å². The molecule has 1 unspecified atom stereocenters. The Morgan fingerprint density at radius 1 is 1.30 bits per heavy atom. The topological polar surface area (TPSA) is 55.6 Å². The van der Waals surface area contributed by atoms with Gasteiger partial charge in [-0.2, -0.15) is 0 Å². The van der Waals surface area contributed by atoms with E-state index in [0.29, 0.717) is 6.54 Å². The van der Waals surface area contributed by atoms with Crippen LogP contribution in [0.25, 0.3) is 0 Å². The Labute approximate surface area is 118 Å². The summed E-state index contributed by atoms with van der Waals surface area (Å²) in [5, 5.41) is 15.1. The highest BCUT2D eigenvalue weighted by atomic mass is 19.1. The fourth-order valence-electron chi connectivity index (χ4n) is 2.10. The number of tetrazole rings is 1. The zero-order valence-corrected chi connectivity index (χ0v) is 11.9. The number of rotatable bonds is 7. The number of benzene rings is 1. The van der Waals surface area contributed by atoms with Crippen LogP contribution in [0.1, 0.15) is 37.7 Å². The molecule has 0 spiro atoms. The van der Waals surface area contributed by atoms with Gasteiger partial charge < -0.3 is 5.32 Å². The van der Waals surface area contributed by atoms with Gasteiger partial charge in [-0.05, 0) is 54.4 Å². The molecule has 0 saturated heterocycles. The highest BCUT2D eigenvalue weighted by molar-refractivity contribution is 5.16. The molecule has 108 valence electrons. The highest BCUT2D eigenvalue weighted by Crippen LogP contribution is 2.14. The third kappa shape index (κ3) is 3.84. The van der Waals surface area contributed by atoms with Crippen LogP contribution in [-0.4, -0.2) is 26.8 Å². The monoisotopic (exact) mass is 277 g/mol. The van der Waals surface area contributed by atoms with Gasteiger partial charge in [0.2, 0.25) is 0 Å². The molecule has 0 radical (unpaired) electrons. The van der Waals surface area contributed by atoms with E-state index in [-0.39, 0.29) is 11.9 Å². The lowest BCUT2D eigenvalue weighted by Crippen LogP contribution is -2.20. The summed E-state index contributed by atoms with van der Waals surface area (Å²) in [6.45, 7) is 5.78. The summed E-state index contributed by atoms with van der Waals surface area (Å²) in [6, 6.07) is 6.68. The summed E-state index contributed by atoms with van der Waals surface area (Å²) >= 11 is 0. The molecule has 1 N–H and O–H groups in total. The summed E-state index contributed by atoms with van der Waals surface area (Å²) in [6.07, 6.45) is 1.85. The van der Waals surface area contributed by atoms with E-state index in [1.807, 2.05) is 4.68 Å². The van der Waals surface area contributed by atoms with E-state index in [4.69, 9.17) is 0 Å². The Balaban J connectivity index is 2.00. The van der Waals surface area contributed by atoms with E-state index < -0.39 is 0 Å². The van der Waals surface area contributed by atoms with E-state index in [1.165, 1.54) is 12.1 Å². The minimum absolute atomic E-state index is 0.133. The Morgan fingerprint density at radius 3 is 2.75 bits per heavy atom. The summed E-state index contributed by atoms with van der Waals surface area (Å²) in [7, 11) is 0. The second-order valence-corrected chi connectivity index (χ2v) is 4.90. The predicted molar refractivity (Wildman–Crippen MR) is 74.6 cm³/mol. The van der Waals surface area contributed by atoms with E-state index in [9.17, 15) is 4.39 Å². The number of hydrogen-bond donors (Lipinski definition) is 1. The molecule has 0 aliphatic heterocycles. The molecule has 0 aliphatic carbocycles. The van der Waals surface area contributed by atoms with Crippen molar-refractivity contribution in [3.05, 3.63) is 41.5 Å². The second kappa shape index (κ2) is 7.09. The van der Waals surface area contributed by atoms with Crippen molar-refractivity contribution in [2.24, 2.45) is 0 Å². The molecule has 0 amide bonds. The molecule has 1 aromatic heterocycles. The van der Waals surface area contributed by atoms with Crippen molar-refractivity contribution < 1.29 is 4.39 Å². The van der Waals surface area contributed by atoms with Gasteiger partial charge in [0.05, 0.1) is 12.6 Å². The molecule has 6 heteroatoms.